The van der Waals surface area contributed by atoms with Crippen LogP contribution in [0.5, 0.6) is 11.5 Å². The summed E-state index contributed by atoms with van der Waals surface area (Å²) in [6.45, 7) is 3.66. The number of carbonyl (C=O) groups is 1. The zero-order chi connectivity index (χ0) is 17.8. The maximum Gasteiger partial charge on any atom is 0.282 e. The van der Waals surface area contributed by atoms with E-state index in [9.17, 15) is 9.18 Å². The summed E-state index contributed by atoms with van der Waals surface area (Å²) < 4.78 is 24.1. The molecule has 2 N–H and O–H groups in total. The minimum atomic E-state index is -0.326. The highest BCUT2D eigenvalue weighted by atomic mass is 19.1. The van der Waals surface area contributed by atoms with Crippen LogP contribution in [0.15, 0.2) is 42.5 Å². The lowest BCUT2D eigenvalue weighted by Crippen LogP contribution is -3.12. The monoisotopic (exact) mass is 345 g/mol. The van der Waals surface area contributed by atoms with Crippen LogP contribution >= 0.6 is 0 Å². The predicted octanol–water partition coefficient (Wildman–Crippen LogP) is 1.64. The van der Waals surface area contributed by atoms with Crippen molar-refractivity contribution in [2.75, 3.05) is 25.6 Å². The second-order valence-corrected chi connectivity index (χ2v) is 6.22. The molecule has 1 aliphatic rings. The number of anilines is 1. The van der Waals surface area contributed by atoms with Crippen LogP contribution in [0, 0.1) is 5.82 Å². The lowest BCUT2D eigenvalue weighted by molar-refractivity contribution is -0.907. The van der Waals surface area contributed by atoms with Gasteiger partial charge >= 0.3 is 0 Å². The lowest BCUT2D eigenvalue weighted by Gasteiger charge is -2.23. The van der Waals surface area contributed by atoms with Crippen molar-refractivity contribution in [3.8, 4) is 11.5 Å². The van der Waals surface area contributed by atoms with Crippen LogP contribution in [0.25, 0.3) is 0 Å². The molecule has 0 aromatic heterocycles. The molecule has 0 bridgehead atoms. The average Bonchev–Trinajstić information content (AvgIpc) is 2.62. The van der Waals surface area contributed by atoms with Gasteiger partial charge in [0.15, 0.2) is 17.5 Å². The van der Waals surface area contributed by atoms with Gasteiger partial charge in [-0.3, -0.25) is 4.79 Å². The van der Waals surface area contributed by atoms with E-state index in [0.29, 0.717) is 25.4 Å². The first-order valence-electron chi connectivity index (χ1n) is 8.30. The Bertz CT molecular complexity index is 749. The molecule has 3 rings (SSSR count). The summed E-state index contributed by atoms with van der Waals surface area (Å²) in [4.78, 5) is 13.4. The van der Waals surface area contributed by atoms with E-state index in [1.165, 1.54) is 12.1 Å². The number of hydrogen-bond acceptors (Lipinski definition) is 3. The highest BCUT2D eigenvalue weighted by molar-refractivity contribution is 5.93. The number of nitrogens with one attached hydrogen (secondary N) is 2. The summed E-state index contributed by atoms with van der Waals surface area (Å²) in [5, 5.41) is 2.81. The van der Waals surface area contributed by atoms with Gasteiger partial charge in [0.2, 0.25) is 0 Å². The van der Waals surface area contributed by atoms with E-state index in [1.54, 1.807) is 12.1 Å². The van der Waals surface area contributed by atoms with Crippen molar-refractivity contribution >= 4 is 11.6 Å². The van der Waals surface area contributed by atoms with Gasteiger partial charge in [0.1, 0.15) is 25.6 Å². The maximum atomic E-state index is 12.9. The van der Waals surface area contributed by atoms with E-state index in [0.717, 1.165) is 22.0 Å². The summed E-state index contributed by atoms with van der Waals surface area (Å²) >= 11 is 0. The average molecular weight is 345 g/mol. The Labute approximate surface area is 146 Å². The number of carbonyl (C=O) groups excluding carboxylic acids is 1. The molecule has 0 spiro atoms. The quantitative estimate of drug-likeness (QED) is 0.866. The number of hydrogen-bond donors (Lipinski definition) is 2. The molecule has 0 saturated carbocycles. The fraction of sp³-hybridized carbons (Fsp3) is 0.316. The van der Waals surface area contributed by atoms with Crippen molar-refractivity contribution in [1.82, 2.24) is 0 Å². The molecule has 25 heavy (non-hydrogen) atoms. The molecule has 1 aliphatic heterocycles. The molecule has 2 aromatic carbocycles. The molecule has 0 aliphatic carbocycles. The molecule has 1 heterocycles. The topological polar surface area (TPSA) is 52.0 Å². The number of benzene rings is 2. The SMILES string of the molecule is C[C@H](C(=O)Nc1ccc(F)cc1)[NH+](C)Cc1ccc2c(c1)OCCO2. The Hall–Kier alpha value is -2.60. The Kier molecular flexibility index (Phi) is 5.19. The van der Waals surface area contributed by atoms with Crippen LogP contribution in [-0.2, 0) is 11.3 Å². The minimum absolute atomic E-state index is 0.110. The molecule has 0 radical (unpaired) electrons. The summed E-state index contributed by atoms with van der Waals surface area (Å²) in [5.74, 6) is 1.07. The van der Waals surface area contributed by atoms with E-state index >= 15 is 0 Å². The van der Waals surface area contributed by atoms with Crippen LogP contribution in [0.1, 0.15) is 12.5 Å². The van der Waals surface area contributed by atoms with Crippen molar-refractivity contribution in [2.45, 2.75) is 19.5 Å². The third kappa shape index (κ3) is 4.28. The van der Waals surface area contributed by atoms with Crippen LogP contribution < -0.4 is 19.7 Å². The third-order valence-corrected chi connectivity index (χ3v) is 4.33. The van der Waals surface area contributed by atoms with E-state index in [1.807, 2.05) is 32.2 Å². The largest absolute Gasteiger partial charge is 0.486 e. The molecule has 6 heteroatoms. The van der Waals surface area contributed by atoms with Crippen LogP contribution in [-0.4, -0.2) is 32.2 Å². The maximum absolute atomic E-state index is 12.9. The van der Waals surface area contributed by atoms with Crippen molar-refractivity contribution in [3.63, 3.8) is 0 Å². The summed E-state index contributed by atoms with van der Waals surface area (Å²) in [6.07, 6.45) is 0. The zero-order valence-electron chi connectivity index (χ0n) is 14.3. The number of halogens is 1. The van der Waals surface area contributed by atoms with Gasteiger partial charge in [0, 0.05) is 11.3 Å². The number of fused-ring (bicyclic) bond motifs is 1. The molecule has 0 saturated heterocycles. The van der Waals surface area contributed by atoms with E-state index in [2.05, 4.69) is 5.32 Å². The van der Waals surface area contributed by atoms with Gasteiger partial charge < -0.3 is 19.7 Å². The van der Waals surface area contributed by atoms with Crippen molar-refractivity contribution in [3.05, 3.63) is 53.8 Å². The highest BCUT2D eigenvalue weighted by Gasteiger charge is 2.23. The van der Waals surface area contributed by atoms with Crippen molar-refractivity contribution in [1.29, 1.82) is 0 Å². The summed E-state index contributed by atoms with van der Waals surface area (Å²) in [6, 6.07) is 11.3. The molecule has 0 fully saturated rings. The fourth-order valence-electron chi connectivity index (χ4n) is 2.68. The van der Waals surface area contributed by atoms with Crippen LogP contribution in [0.3, 0.4) is 0 Å². The Morgan fingerprint density at radius 2 is 1.84 bits per heavy atom. The highest BCUT2D eigenvalue weighted by Crippen LogP contribution is 2.30. The molecule has 1 amide bonds. The van der Waals surface area contributed by atoms with Gasteiger partial charge in [0.05, 0.1) is 7.05 Å². The van der Waals surface area contributed by atoms with E-state index in [-0.39, 0.29) is 17.8 Å². The van der Waals surface area contributed by atoms with Gasteiger partial charge in [0.25, 0.3) is 5.91 Å². The van der Waals surface area contributed by atoms with Gasteiger partial charge in [-0.1, -0.05) is 0 Å². The second-order valence-electron chi connectivity index (χ2n) is 6.22. The Morgan fingerprint density at radius 1 is 1.16 bits per heavy atom. The second kappa shape index (κ2) is 7.53. The zero-order valence-corrected chi connectivity index (χ0v) is 14.3. The van der Waals surface area contributed by atoms with Gasteiger partial charge in [-0.2, -0.15) is 0 Å². The predicted molar refractivity (Wildman–Crippen MR) is 92.5 cm³/mol. The summed E-state index contributed by atoms with van der Waals surface area (Å²) in [5.41, 5.74) is 1.66. The normalized spacial score (nSPS) is 15.3. The first-order chi connectivity index (χ1) is 12.0. The van der Waals surface area contributed by atoms with Crippen LogP contribution in [0.4, 0.5) is 10.1 Å². The van der Waals surface area contributed by atoms with Crippen LogP contribution in [0.2, 0.25) is 0 Å². The third-order valence-electron chi connectivity index (χ3n) is 4.33. The first-order valence-corrected chi connectivity index (χ1v) is 8.30. The summed E-state index contributed by atoms with van der Waals surface area (Å²) in [7, 11) is 1.96. The van der Waals surface area contributed by atoms with Gasteiger partial charge in [-0.25, -0.2) is 4.39 Å². The lowest BCUT2D eigenvalue weighted by atomic mass is 10.1. The van der Waals surface area contributed by atoms with Gasteiger partial charge in [-0.15, -0.1) is 0 Å². The number of amides is 1. The van der Waals surface area contributed by atoms with E-state index in [4.69, 9.17) is 9.47 Å². The number of rotatable bonds is 5. The molecule has 132 valence electrons. The number of ether oxygens (including phenoxy) is 2. The molecule has 2 atom stereocenters. The molecular formula is C19H22FN2O3+. The molecule has 5 nitrogen and oxygen atoms in total. The number of likely N-dealkylation sites (N-methyl/N-ethyl adjacent to an activating group) is 1. The molecule has 1 unspecified atom stereocenters. The number of quaternary nitrogens is 1. The Morgan fingerprint density at radius 3 is 2.56 bits per heavy atom. The van der Waals surface area contributed by atoms with Crippen molar-refractivity contribution < 1.29 is 23.6 Å². The fourth-order valence-corrected chi connectivity index (χ4v) is 2.68. The van der Waals surface area contributed by atoms with E-state index < -0.39 is 0 Å². The van der Waals surface area contributed by atoms with Crippen molar-refractivity contribution in [2.24, 2.45) is 0 Å². The minimum Gasteiger partial charge on any atom is -0.486 e. The smallest absolute Gasteiger partial charge is 0.282 e. The first kappa shape index (κ1) is 17.2. The molecular weight excluding hydrogens is 323 g/mol. The standard InChI is InChI=1S/C19H21FN2O3/c1-13(19(23)21-16-6-4-15(20)5-7-16)22(2)12-14-3-8-17-18(11-14)25-10-9-24-17/h3-8,11,13H,9-10,12H2,1-2H3,(H,21,23)/p+1/t13-/m1/s1. The Balaban J connectivity index is 1.60. The molecule has 2 aromatic rings. The van der Waals surface area contributed by atoms with Gasteiger partial charge in [-0.05, 0) is 49.4 Å².